The van der Waals surface area contributed by atoms with Crippen LogP contribution in [0, 0.1) is 0 Å². The van der Waals surface area contributed by atoms with E-state index in [1.807, 2.05) is 49.4 Å². The monoisotopic (exact) mass is 470 g/mol. The van der Waals surface area contributed by atoms with Gasteiger partial charge in [-0.2, -0.15) is 0 Å². The van der Waals surface area contributed by atoms with Crippen LogP contribution in [0.4, 0.5) is 0 Å². The van der Waals surface area contributed by atoms with Gasteiger partial charge < -0.3 is 24.4 Å². The molecule has 2 amide bonds. The lowest BCUT2D eigenvalue weighted by Gasteiger charge is -2.31. The first kappa shape index (κ1) is 27.0. The highest BCUT2D eigenvalue weighted by molar-refractivity contribution is 5.87. The maximum Gasteiger partial charge on any atom is 0.242 e. The van der Waals surface area contributed by atoms with Crippen LogP contribution in [0.25, 0.3) is 0 Å². The summed E-state index contributed by atoms with van der Waals surface area (Å²) < 4.78 is 15.9. The minimum Gasteiger partial charge on any atom is -0.497 e. The molecule has 0 aliphatic heterocycles. The third-order valence-electron chi connectivity index (χ3n) is 5.80. The van der Waals surface area contributed by atoms with Gasteiger partial charge in [0, 0.05) is 19.5 Å². The standard InChI is InChI=1S/C27H38N2O5/c1-6-8-17-28-27(31)23(7-2)29(19-21-9-13-22(32-3)14-10-21)26(30)16-12-20-11-15-24(33-4)25(18-20)34-5/h9-11,13-15,18,23H,6-8,12,16-17,19H2,1-5H3,(H,28,31)/t23-/m0/s1. The van der Waals surface area contributed by atoms with E-state index in [0.717, 1.165) is 29.7 Å². The van der Waals surface area contributed by atoms with Crippen LogP contribution in [-0.2, 0) is 22.6 Å². The van der Waals surface area contributed by atoms with Crippen molar-refractivity contribution >= 4 is 11.8 Å². The van der Waals surface area contributed by atoms with Gasteiger partial charge in [-0.1, -0.05) is 38.5 Å². The fraction of sp³-hybridized carbons (Fsp3) is 0.481. The fourth-order valence-electron chi connectivity index (χ4n) is 3.78. The maximum absolute atomic E-state index is 13.4. The summed E-state index contributed by atoms with van der Waals surface area (Å²) in [6, 6.07) is 12.7. The number of aryl methyl sites for hydroxylation is 1. The maximum atomic E-state index is 13.4. The van der Waals surface area contributed by atoms with Crippen molar-refractivity contribution in [2.75, 3.05) is 27.9 Å². The van der Waals surface area contributed by atoms with E-state index in [2.05, 4.69) is 12.2 Å². The zero-order valence-corrected chi connectivity index (χ0v) is 21.1. The average molecular weight is 471 g/mol. The molecule has 0 heterocycles. The second-order valence-electron chi connectivity index (χ2n) is 8.13. The Morgan fingerprint density at radius 1 is 0.912 bits per heavy atom. The minimum absolute atomic E-state index is 0.0666. The normalized spacial score (nSPS) is 11.4. The number of carbonyl (C=O) groups is 2. The summed E-state index contributed by atoms with van der Waals surface area (Å²) in [5.41, 5.74) is 1.91. The molecule has 0 spiro atoms. The molecule has 0 aliphatic carbocycles. The predicted molar refractivity (Wildman–Crippen MR) is 133 cm³/mol. The summed E-state index contributed by atoms with van der Waals surface area (Å²) in [4.78, 5) is 28.1. The van der Waals surface area contributed by atoms with Gasteiger partial charge in [0.25, 0.3) is 0 Å². The molecular weight excluding hydrogens is 432 g/mol. The SMILES string of the molecule is CCCCNC(=O)[C@H](CC)N(Cc1ccc(OC)cc1)C(=O)CCc1ccc(OC)c(OC)c1. The van der Waals surface area contributed by atoms with Crippen LogP contribution in [0.15, 0.2) is 42.5 Å². The topological polar surface area (TPSA) is 77.1 Å². The van der Waals surface area contributed by atoms with Crippen LogP contribution in [-0.4, -0.2) is 50.6 Å². The Morgan fingerprint density at radius 2 is 1.59 bits per heavy atom. The van der Waals surface area contributed by atoms with Gasteiger partial charge in [-0.3, -0.25) is 9.59 Å². The summed E-state index contributed by atoms with van der Waals surface area (Å²) in [5, 5.41) is 2.99. The second kappa shape index (κ2) is 14.1. The van der Waals surface area contributed by atoms with Crippen LogP contribution in [0.2, 0.25) is 0 Å². The Bertz CT molecular complexity index is 914. The van der Waals surface area contributed by atoms with Gasteiger partial charge in [0.05, 0.1) is 21.3 Å². The van der Waals surface area contributed by atoms with Gasteiger partial charge >= 0.3 is 0 Å². The van der Waals surface area contributed by atoms with Crippen LogP contribution in [0.3, 0.4) is 0 Å². The van der Waals surface area contributed by atoms with E-state index in [1.165, 1.54) is 0 Å². The average Bonchev–Trinajstić information content (AvgIpc) is 2.87. The Labute approximate surface area is 203 Å². The third-order valence-corrected chi connectivity index (χ3v) is 5.80. The molecule has 0 bridgehead atoms. The molecule has 2 aromatic rings. The van der Waals surface area contributed by atoms with Gasteiger partial charge in [-0.25, -0.2) is 0 Å². The van der Waals surface area contributed by atoms with Gasteiger partial charge in [0.15, 0.2) is 11.5 Å². The molecule has 0 radical (unpaired) electrons. The van der Waals surface area contributed by atoms with Crippen molar-refractivity contribution in [1.29, 1.82) is 0 Å². The Kier molecular flexibility index (Phi) is 11.2. The fourth-order valence-corrected chi connectivity index (χ4v) is 3.78. The van der Waals surface area contributed by atoms with Crippen LogP contribution in [0.5, 0.6) is 17.2 Å². The third kappa shape index (κ3) is 7.68. The van der Waals surface area contributed by atoms with Crippen molar-refractivity contribution in [2.24, 2.45) is 0 Å². The van der Waals surface area contributed by atoms with Crippen molar-refractivity contribution in [3.05, 3.63) is 53.6 Å². The van der Waals surface area contributed by atoms with E-state index in [-0.39, 0.29) is 18.2 Å². The first-order valence-corrected chi connectivity index (χ1v) is 11.9. The van der Waals surface area contributed by atoms with Crippen molar-refractivity contribution in [3.63, 3.8) is 0 Å². The van der Waals surface area contributed by atoms with Crippen LogP contribution in [0.1, 0.15) is 50.7 Å². The summed E-state index contributed by atoms with van der Waals surface area (Å²) in [5.74, 6) is 1.85. The van der Waals surface area contributed by atoms with Crippen LogP contribution < -0.4 is 19.5 Å². The van der Waals surface area contributed by atoms with Gasteiger partial charge in [0.1, 0.15) is 11.8 Å². The number of ether oxygens (including phenoxy) is 3. The second-order valence-corrected chi connectivity index (χ2v) is 8.13. The van der Waals surface area contributed by atoms with Crippen molar-refractivity contribution in [2.45, 2.75) is 58.5 Å². The van der Waals surface area contributed by atoms with Gasteiger partial charge in [0.2, 0.25) is 11.8 Å². The Morgan fingerprint density at radius 3 is 2.18 bits per heavy atom. The molecule has 0 aliphatic rings. The number of nitrogens with one attached hydrogen (secondary N) is 1. The van der Waals surface area contributed by atoms with Crippen molar-refractivity contribution < 1.29 is 23.8 Å². The number of benzene rings is 2. The molecule has 0 saturated heterocycles. The first-order valence-electron chi connectivity index (χ1n) is 11.9. The smallest absolute Gasteiger partial charge is 0.242 e. The lowest BCUT2D eigenvalue weighted by Crippen LogP contribution is -2.49. The lowest BCUT2D eigenvalue weighted by molar-refractivity contribution is -0.141. The number of nitrogens with zero attached hydrogens (tertiary/aromatic N) is 1. The zero-order valence-electron chi connectivity index (χ0n) is 21.1. The number of hydrogen-bond acceptors (Lipinski definition) is 5. The van der Waals surface area contributed by atoms with E-state index >= 15 is 0 Å². The van der Waals surface area contributed by atoms with Gasteiger partial charge in [-0.05, 0) is 54.7 Å². The van der Waals surface area contributed by atoms with E-state index in [0.29, 0.717) is 37.4 Å². The molecule has 2 rings (SSSR count). The molecule has 7 nitrogen and oxygen atoms in total. The molecule has 34 heavy (non-hydrogen) atoms. The quantitative estimate of drug-likeness (QED) is 0.415. The molecule has 2 aromatic carbocycles. The van der Waals surface area contributed by atoms with E-state index in [1.54, 1.807) is 26.2 Å². The Balaban J connectivity index is 2.20. The number of hydrogen-bond donors (Lipinski definition) is 1. The van der Waals surface area contributed by atoms with Crippen LogP contribution >= 0.6 is 0 Å². The van der Waals surface area contributed by atoms with Crippen molar-refractivity contribution in [1.82, 2.24) is 10.2 Å². The highest BCUT2D eigenvalue weighted by Gasteiger charge is 2.28. The first-order chi connectivity index (χ1) is 16.5. The van der Waals surface area contributed by atoms with Crippen molar-refractivity contribution in [3.8, 4) is 17.2 Å². The van der Waals surface area contributed by atoms with E-state index < -0.39 is 6.04 Å². The molecule has 0 saturated carbocycles. The summed E-state index contributed by atoms with van der Waals surface area (Å²) >= 11 is 0. The van der Waals surface area contributed by atoms with Gasteiger partial charge in [-0.15, -0.1) is 0 Å². The molecule has 1 N–H and O–H groups in total. The molecule has 186 valence electrons. The highest BCUT2D eigenvalue weighted by atomic mass is 16.5. The Hall–Kier alpha value is -3.22. The largest absolute Gasteiger partial charge is 0.497 e. The predicted octanol–water partition coefficient (Wildman–Crippen LogP) is 4.37. The molecule has 1 atom stereocenters. The zero-order chi connectivity index (χ0) is 24.9. The highest BCUT2D eigenvalue weighted by Crippen LogP contribution is 2.28. The number of unbranched alkanes of at least 4 members (excludes halogenated alkanes) is 1. The molecular formula is C27H38N2O5. The van der Waals surface area contributed by atoms with E-state index in [4.69, 9.17) is 14.2 Å². The lowest BCUT2D eigenvalue weighted by atomic mass is 10.1. The number of carbonyl (C=O) groups excluding carboxylic acids is 2. The summed E-state index contributed by atoms with van der Waals surface area (Å²) in [7, 11) is 4.80. The molecule has 7 heteroatoms. The number of rotatable bonds is 14. The summed E-state index contributed by atoms with van der Waals surface area (Å²) in [6.07, 6.45) is 3.26. The molecule has 0 fully saturated rings. The molecule has 0 aromatic heterocycles. The minimum atomic E-state index is -0.531. The number of amides is 2. The molecule has 0 unspecified atom stereocenters. The van der Waals surface area contributed by atoms with E-state index in [9.17, 15) is 9.59 Å². The summed E-state index contributed by atoms with van der Waals surface area (Å²) in [6.45, 7) is 4.99. The number of methoxy groups -OCH3 is 3.